The van der Waals surface area contributed by atoms with Crippen molar-refractivity contribution in [1.82, 2.24) is 0 Å². The second-order valence-corrected chi connectivity index (χ2v) is 3.50. The van der Waals surface area contributed by atoms with Crippen LogP contribution in [0.4, 0.5) is 0 Å². The molecular weight excluding hydrogens is 196 g/mol. The van der Waals surface area contributed by atoms with Gasteiger partial charge in [-0.15, -0.1) is 0 Å². The second-order valence-electron chi connectivity index (χ2n) is 2.65. The first-order valence-electron chi connectivity index (χ1n) is 4.16. The minimum Gasteiger partial charge on any atom is -0.497 e. The molecule has 0 aliphatic rings. The van der Waals surface area contributed by atoms with Gasteiger partial charge in [-0.05, 0) is 24.3 Å². The molecule has 2 rings (SSSR count). The zero-order chi connectivity index (χ0) is 9.80. The Morgan fingerprint density at radius 3 is 2.79 bits per heavy atom. The highest BCUT2D eigenvalue weighted by Crippen LogP contribution is 2.27. The van der Waals surface area contributed by atoms with Gasteiger partial charge in [0.1, 0.15) is 11.5 Å². The quantitative estimate of drug-likeness (QED) is 0.765. The Morgan fingerprint density at radius 2 is 2.07 bits per heavy atom. The van der Waals surface area contributed by atoms with Crippen LogP contribution in [0.5, 0.6) is 16.6 Å². The van der Waals surface area contributed by atoms with Crippen molar-refractivity contribution in [2.24, 2.45) is 0 Å². The number of ether oxygens (including phenoxy) is 2. The summed E-state index contributed by atoms with van der Waals surface area (Å²) in [4.78, 5) is 0. The number of hydrogen-bond donors (Lipinski definition) is 0. The third kappa shape index (κ3) is 2.06. The number of methoxy groups -OCH3 is 1. The largest absolute Gasteiger partial charge is 0.497 e. The summed E-state index contributed by atoms with van der Waals surface area (Å²) in [5.41, 5.74) is 0. The average Bonchev–Trinajstić information content (AvgIpc) is 2.71. The fourth-order valence-corrected chi connectivity index (χ4v) is 1.59. The van der Waals surface area contributed by atoms with Crippen molar-refractivity contribution < 1.29 is 9.47 Å². The molecule has 0 N–H and O–H groups in total. The smallest absolute Gasteiger partial charge is 0.181 e. The summed E-state index contributed by atoms with van der Waals surface area (Å²) >= 11 is 1.44. The first kappa shape index (κ1) is 9.09. The second kappa shape index (κ2) is 4.15. The van der Waals surface area contributed by atoms with Crippen LogP contribution >= 0.6 is 11.3 Å². The maximum atomic E-state index is 5.57. The van der Waals surface area contributed by atoms with Crippen LogP contribution in [0.1, 0.15) is 0 Å². The van der Waals surface area contributed by atoms with E-state index in [1.807, 2.05) is 36.4 Å². The molecule has 1 aromatic heterocycles. The van der Waals surface area contributed by atoms with Gasteiger partial charge in [-0.2, -0.15) is 0 Å². The standard InChI is InChI=1S/C11H9O2S/c1-12-9-4-2-5-10(8-9)13-11-6-3-7-14-11/h2-6,8H,1H3. The van der Waals surface area contributed by atoms with Crippen molar-refractivity contribution in [2.45, 2.75) is 0 Å². The molecule has 0 saturated carbocycles. The molecule has 1 heterocycles. The van der Waals surface area contributed by atoms with E-state index in [-0.39, 0.29) is 0 Å². The van der Waals surface area contributed by atoms with Gasteiger partial charge in [0.2, 0.25) is 0 Å². The normalized spacial score (nSPS) is 9.79. The summed E-state index contributed by atoms with van der Waals surface area (Å²) in [6.45, 7) is 0. The molecule has 0 bridgehead atoms. The molecule has 0 unspecified atom stereocenters. The minimum atomic E-state index is 0.778. The number of thiophene rings is 1. The van der Waals surface area contributed by atoms with E-state index in [1.54, 1.807) is 7.11 Å². The molecule has 2 nitrogen and oxygen atoms in total. The molecule has 0 fully saturated rings. The van der Waals surface area contributed by atoms with Crippen LogP contribution < -0.4 is 9.47 Å². The maximum absolute atomic E-state index is 5.57. The molecule has 0 spiro atoms. The van der Waals surface area contributed by atoms with Crippen molar-refractivity contribution >= 4 is 11.3 Å². The number of benzene rings is 1. The summed E-state index contributed by atoms with van der Waals surface area (Å²) in [5, 5.41) is 3.80. The van der Waals surface area contributed by atoms with E-state index in [2.05, 4.69) is 5.38 Å². The van der Waals surface area contributed by atoms with E-state index in [0.717, 1.165) is 16.6 Å². The fourth-order valence-electron chi connectivity index (χ4n) is 1.06. The summed E-state index contributed by atoms with van der Waals surface area (Å²) in [6.07, 6.45) is 0. The van der Waals surface area contributed by atoms with Gasteiger partial charge in [-0.25, -0.2) is 0 Å². The molecule has 1 aromatic carbocycles. The van der Waals surface area contributed by atoms with E-state index in [4.69, 9.17) is 9.47 Å². The maximum Gasteiger partial charge on any atom is 0.181 e. The zero-order valence-electron chi connectivity index (χ0n) is 7.69. The monoisotopic (exact) mass is 205 g/mol. The van der Waals surface area contributed by atoms with Gasteiger partial charge in [-0.3, -0.25) is 0 Å². The molecule has 0 saturated heterocycles. The lowest BCUT2D eigenvalue weighted by atomic mass is 10.3. The van der Waals surface area contributed by atoms with E-state index < -0.39 is 0 Å². The van der Waals surface area contributed by atoms with E-state index in [1.165, 1.54) is 11.3 Å². The number of rotatable bonds is 3. The highest BCUT2D eigenvalue weighted by molar-refractivity contribution is 7.11. The number of hydrogen-bond acceptors (Lipinski definition) is 3. The Bertz CT molecular complexity index is 395. The summed E-state index contributed by atoms with van der Waals surface area (Å²) in [5.74, 6) is 1.57. The third-order valence-corrected chi connectivity index (χ3v) is 2.38. The van der Waals surface area contributed by atoms with Gasteiger partial charge >= 0.3 is 0 Å². The van der Waals surface area contributed by atoms with Crippen LogP contribution in [0.3, 0.4) is 0 Å². The molecule has 71 valence electrons. The topological polar surface area (TPSA) is 18.5 Å². The van der Waals surface area contributed by atoms with Crippen LogP contribution in [0.2, 0.25) is 0 Å². The summed E-state index contributed by atoms with van der Waals surface area (Å²) in [6, 6.07) is 11.2. The van der Waals surface area contributed by atoms with Crippen molar-refractivity contribution in [2.75, 3.05) is 7.11 Å². The first-order valence-corrected chi connectivity index (χ1v) is 4.98. The SMILES string of the molecule is COc1cccc(Oc2cc[c]s2)c1. The molecule has 0 atom stereocenters. The lowest BCUT2D eigenvalue weighted by molar-refractivity contribution is 0.410. The van der Waals surface area contributed by atoms with Gasteiger partial charge in [0.05, 0.1) is 7.11 Å². The van der Waals surface area contributed by atoms with Gasteiger partial charge in [0.15, 0.2) is 5.06 Å². The highest BCUT2D eigenvalue weighted by atomic mass is 32.1. The first-order chi connectivity index (χ1) is 6.88. The van der Waals surface area contributed by atoms with Crippen molar-refractivity contribution in [1.29, 1.82) is 0 Å². The molecule has 0 amide bonds. The Morgan fingerprint density at radius 1 is 1.21 bits per heavy atom. The lowest BCUT2D eigenvalue weighted by Crippen LogP contribution is -1.84. The molecule has 2 aromatic rings. The van der Waals surface area contributed by atoms with E-state index >= 15 is 0 Å². The predicted octanol–water partition coefficient (Wildman–Crippen LogP) is 3.35. The van der Waals surface area contributed by atoms with Crippen molar-refractivity contribution in [3.8, 4) is 16.6 Å². The Balaban J connectivity index is 2.17. The fraction of sp³-hybridized carbons (Fsp3) is 0.0909. The molecule has 0 aliphatic heterocycles. The zero-order valence-corrected chi connectivity index (χ0v) is 8.51. The van der Waals surface area contributed by atoms with Crippen LogP contribution in [-0.2, 0) is 0 Å². The van der Waals surface area contributed by atoms with Gasteiger partial charge in [0, 0.05) is 11.4 Å². The van der Waals surface area contributed by atoms with Crippen molar-refractivity contribution in [3.05, 3.63) is 41.8 Å². The lowest BCUT2D eigenvalue weighted by Gasteiger charge is -2.04. The van der Waals surface area contributed by atoms with Gasteiger partial charge in [0.25, 0.3) is 0 Å². The summed E-state index contributed by atoms with van der Waals surface area (Å²) in [7, 11) is 1.64. The van der Waals surface area contributed by atoms with Crippen LogP contribution in [0.15, 0.2) is 36.4 Å². The van der Waals surface area contributed by atoms with Gasteiger partial charge in [-0.1, -0.05) is 17.4 Å². The van der Waals surface area contributed by atoms with E-state index in [0.29, 0.717) is 0 Å². The Hall–Kier alpha value is -1.48. The molecule has 0 aliphatic carbocycles. The third-order valence-electron chi connectivity index (χ3n) is 1.71. The van der Waals surface area contributed by atoms with Gasteiger partial charge < -0.3 is 9.47 Å². The molecular formula is C11H9O2S. The Kier molecular flexibility index (Phi) is 2.70. The van der Waals surface area contributed by atoms with Crippen LogP contribution in [-0.4, -0.2) is 7.11 Å². The molecule has 1 radical (unpaired) electrons. The van der Waals surface area contributed by atoms with Crippen molar-refractivity contribution in [3.63, 3.8) is 0 Å². The van der Waals surface area contributed by atoms with Crippen LogP contribution in [0, 0.1) is 5.38 Å². The van der Waals surface area contributed by atoms with Crippen LogP contribution in [0.25, 0.3) is 0 Å². The average molecular weight is 205 g/mol. The molecule has 3 heteroatoms. The molecule has 14 heavy (non-hydrogen) atoms. The minimum absolute atomic E-state index is 0.778. The predicted molar refractivity (Wildman–Crippen MR) is 56.2 cm³/mol. The highest BCUT2D eigenvalue weighted by Gasteiger charge is 1.99. The van der Waals surface area contributed by atoms with E-state index in [9.17, 15) is 0 Å². The Labute approximate surface area is 86.7 Å². The summed E-state index contributed by atoms with van der Waals surface area (Å²) < 4.78 is 10.7.